The van der Waals surface area contributed by atoms with Gasteiger partial charge in [-0.25, -0.2) is 0 Å². The normalized spacial score (nSPS) is 21.4. The molecule has 1 amide bonds. The Morgan fingerprint density at radius 3 is 2.56 bits per heavy atom. The average Bonchev–Trinajstić information content (AvgIpc) is 2.23. The summed E-state index contributed by atoms with van der Waals surface area (Å²) in [5.41, 5.74) is -1.02. The van der Waals surface area contributed by atoms with Gasteiger partial charge in [0, 0.05) is 7.11 Å². The van der Waals surface area contributed by atoms with Crippen LogP contribution in [-0.4, -0.2) is 24.2 Å². The number of hydrogen-bond donors (Lipinski definition) is 1. The number of ether oxygens (including phenoxy) is 1. The maximum Gasteiger partial charge on any atom is 0.224 e. The molecule has 0 aromatic heterocycles. The quantitative estimate of drug-likeness (QED) is 0.774. The van der Waals surface area contributed by atoms with Gasteiger partial charge < -0.3 is 10.1 Å². The monoisotopic (exact) mass is 224 g/mol. The number of carbonyl (C=O) groups excluding carboxylic acids is 1. The zero-order chi connectivity index (χ0) is 12.2. The van der Waals surface area contributed by atoms with Crippen molar-refractivity contribution in [3.8, 4) is 6.07 Å². The van der Waals surface area contributed by atoms with Crippen LogP contribution >= 0.6 is 0 Å². The van der Waals surface area contributed by atoms with Crippen LogP contribution in [0.1, 0.15) is 46.0 Å². The van der Waals surface area contributed by atoms with Crippen LogP contribution in [0.2, 0.25) is 0 Å². The van der Waals surface area contributed by atoms with Crippen molar-refractivity contribution < 1.29 is 9.53 Å². The van der Waals surface area contributed by atoms with Crippen LogP contribution in [0.15, 0.2) is 0 Å². The molecule has 1 fully saturated rings. The molecule has 90 valence electrons. The third-order valence-electron chi connectivity index (χ3n) is 3.55. The van der Waals surface area contributed by atoms with Crippen molar-refractivity contribution in [1.29, 1.82) is 5.26 Å². The summed E-state index contributed by atoms with van der Waals surface area (Å²) in [5, 5.41) is 11.7. The van der Waals surface area contributed by atoms with Gasteiger partial charge in [0.1, 0.15) is 5.54 Å². The molecule has 1 N–H and O–H groups in total. The van der Waals surface area contributed by atoms with E-state index in [1.807, 2.05) is 6.92 Å². The van der Waals surface area contributed by atoms with Crippen molar-refractivity contribution in [3.63, 3.8) is 0 Å². The molecular formula is C12H20N2O2. The number of hydrogen-bond acceptors (Lipinski definition) is 3. The van der Waals surface area contributed by atoms with E-state index in [2.05, 4.69) is 11.4 Å². The number of rotatable bonds is 5. The van der Waals surface area contributed by atoms with Gasteiger partial charge in [-0.2, -0.15) is 5.26 Å². The van der Waals surface area contributed by atoms with Crippen LogP contribution < -0.4 is 5.32 Å². The summed E-state index contributed by atoms with van der Waals surface area (Å²) < 4.78 is 5.38. The van der Waals surface area contributed by atoms with Crippen LogP contribution in [-0.2, 0) is 9.53 Å². The number of nitrogens with zero attached hydrogens (tertiary/aromatic N) is 1. The SMILES string of the molecule is CCC(C)(C#N)NC(=O)CC1(OC)CCC1. The van der Waals surface area contributed by atoms with E-state index in [4.69, 9.17) is 10.00 Å². The van der Waals surface area contributed by atoms with Crippen LogP contribution in [0.3, 0.4) is 0 Å². The van der Waals surface area contributed by atoms with Crippen LogP contribution in [0.25, 0.3) is 0 Å². The molecule has 4 heteroatoms. The molecule has 1 saturated carbocycles. The largest absolute Gasteiger partial charge is 0.378 e. The third kappa shape index (κ3) is 2.73. The van der Waals surface area contributed by atoms with Gasteiger partial charge in [-0.15, -0.1) is 0 Å². The summed E-state index contributed by atoms with van der Waals surface area (Å²) in [6.45, 7) is 3.63. The second-order valence-electron chi connectivity index (χ2n) is 4.76. The van der Waals surface area contributed by atoms with E-state index >= 15 is 0 Å². The maximum absolute atomic E-state index is 11.8. The summed E-state index contributed by atoms with van der Waals surface area (Å²) in [4.78, 5) is 11.8. The van der Waals surface area contributed by atoms with Crippen molar-refractivity contribution in [1.82, 2.24) is 5.32 Å². The molecule has 0 saturated heterocycles. The van der Waals surface area contributed by atoms with Gasteiger partial charge in [0.15, 0.2) is 0 Å². The lowest BCUT2D eigenvalue weighted by Gasteiger charge is -2.40. The van der Waals surface area contributed by atoms with Gasteiger partial charge in [-0.1, -0.05) is 6.92 Å². The van der Waals surface area contributed by atoms with E-state index in [1.165, 1.54) is 0 Å². The number of nitriles is 1. The molecule has 4 nitrogen and oxygen atoms in total. The first-order valence-electron chi connectivity index (χ1n) is 5.76. The highest BCUT2D eigenvalue weighted by Crippen LogP contribution is 2.38. The Hall–Kier alpha value is -1.08. The molecule has 1 rings (SSSR count). The molecule has 0 aromatic rings. The lowest BCUT2D eigenvalue weighted by atomic mass is 9.77. The first-order chi connectivity index (χ1) is 7.49. The topological polar surface area (TPSA) is 62.1 Å². The lowest BCUT2D eigenvalue weighted by molar-refractivity contribution is -0.135. The molecule has 16 heavy (non-hydrogen) atoms. The molecular weight excluding hydrogens is 204 g/mol. The van der Waals surface area contributed by atoms with E-state index in [9.17, 15) is 4.79 Å². The van der Waals surface area contributed by atoms with E-state index in [1.54, 1.807) is 14.0 Å². The van der Waals surface area contributed by atoms with Crippen molar-refractivity contribution in [3.05, 3.63) is 0 Å². The fraction of sp³-hybridized carbons (Fsp3) is 0.833. The smallest absolute Gasteiger partial charge is 0.224 e. The molecule has 1 unspecified atom stereocenters. The maximum atomic E-state index is 11.8. The molecule has 0 aliphatic heterocycles. The Bertz CT molecular complexity index is 299. The van der Waals surface area contributed by atoms with Crippen LogP contribution in [0.5, 0.6) is 0 Å². The average molecular weight is 224 g/mol. The van der Waals surface area contributed by atoms with Gasteiger partial charge in [0.25, 0.3) is 0 Å². The van der Waals surface area contributed by atoms with Crippen molar-refractivity contribution in [2.45, 2.75) is 57.1 Å². The highest BCUT2D eigenvalue weighted by Gasteiger charge is 2.40. The molecule has 0 heterocycles. The first-order valence-corrected chi connectivity index (χ1v) is 5.76. The van der Waals surface area contributed by atoms with Gasteiger partial charge in [0.2, 0.25) is 5.91 Å². The Labute approximate surface area is 97.0 Å². The summed E-state index contributed by atoms with van der Waals surface area (Å²) >= 11 is 0. The predicted molar refractivity (Wildman–Crippen MR) is 60.7 cm³/mol. The zero-order valence-electron chi connectivity index (χ0n) is 10.3. The second kappa shape index (κ2) is 4.84. The van der Waals surface area contributed by atoms with Crippen molar-refractivity contribution in [2.75, 3.05) is 7.11 Å². The Balaban J connectivity index is 2.51. The van der Waals surface area contributed by atoms with Crippen LogP contribution in [0.4, 0.5) is 0 Å². The van der Waals surface area contributed by atoms with E-state index < -0.39 is 5.54 Å². The molecule has 1 aliphatic rings. The van der Waals surface area contributed by atoms with Gasteiger partial charge in [-0.3, -0.25) is 4.79 Å². The van der Waals surface area contributed by atoms with Gasteiger partial charge in [0.05, 0.1) is 18.1 Å². The lowest BCUT2D eigenvalue weighted by Crippen LogP contribution is -2.49. The number of methoxy groups -OCH3 is 1. The van der Waals surface area contributed by atoms with Gasteiger partial charge in [-0.05, 0) is 32.6 Å². The van der Waals surface area contributed by atoms with Crippen molar-refractivity contribution >= 4 is 5.91 Å². The van der Waals surface area contributed by atoms with E-state index in [0.29, 0.717) is 12.8 Å². The van der Waals surface area contributed by atoms with Crippen LogP contribution in [0, 0.1) is 11.3 Å². The number of nitrogens with one attached hydrogen (secondary N) is 1. The molecule has 1 atom stereocenters. The minimum Gasteiger partial charge on any atom is -0.378 e. The van der Waals surface area contributed by atoms with Gasteiger partial charge >= 0.3 is 0 Å². The summed E-state index contributed by atoms with van der Waals surface area (Å²) in [7, 11) is 1.65. The summed E-state index contributed by atoms with van der Waals surface area (Å²) in [6, 6.07) is 2.13. The molecule has 0 radical (unpaired) electrons. The summed E-state index contributed by atoms with van der Waals surface area (Å²) in [6.07, 6.45) is 3.96. The summed E-state index contributed by atoms with van der Waals surface area (Å²) in [5.74, 6) is -0.0903. The van der Waals surface area contributed by atoms with E-state index in [0.717, 1.165) is 19.3 Å². The highest BCUT2D eigenvalue weighted by atomic mass is 16.5. The molecule has 1 aliphatic carbocycles. The molecule has 0 bridgehead atoms. The fourth-order valence-corrected chi connectivity index (χ4v) is 1.86. The van der Waals surface area contributed by atoms with Crippen molar-refractivity contribution in [2.24, 2.45) is 0 Å². The Morgan fingerprint density at radius 2 is 2.25 bits per heavy atom. The standard InChI is InChI=1S/C12H20N2O2/c1-4-11(2,9-13)14-10(15)8-12(16-3)6-5-7-12/h4-8H2,1-3H3,(H,14,15). The fourth-order valence-electron chi connectivity index (χ4n) is 1.86. The third-order valence-corrected chi connectivity index (χ3v) is 3.55. The molecule has 0 aromatic carbocycles. The second-order valence-corrected chi connectivity index (χ2v) is 4.76. The highest BCUT2D eigenvalue weighted by molar-refractivity contribution is 5.78. The Kier molecular flexibility index (Phi) is 3.93. The zero-order valence-corrected chi connectivity index (χ0v) is 10.3. The minimum atomic E-state index is -0.754. The predicted octanol–water partition coefficient (Wildman–Crippen LogP) is 1.75. The first kappa shape index (κ1) is 13.0. The van der Waals surface area contributed by atoms with E-state index in [-0.39, 0.29) is 11.5 Å². The number of amides is 1. The number of carbonyl (C=O) groups is 1. The Morgan fingerprint density at radius 1 is 1.62 bits per heavy atom. The minimum absolute atomic E-state index is 0.0903. The molecule has 0 spiro atoms.